The molecule has 2 heteroatoms. The maximum atomic E-state index is 9.20. The van der Waals surface area contributed by atoms with Crippen molar-refractivity contribution in [2.75, 3.05) is 0 Å². The number of hydrogen-bond donors (Lipinski definition) is 1. The van der Waals surface area contributed by atoms with E-state index in [1.807, 2.05) is 18.2 Å². The van der Waals surface area contributed by atoms with Crippen molar-refractivity contribution in [1.29, 1.82) is 0 Å². The summed E-state index contributed by atoms with van der Waals surface area (Å²) in [5.41, 5.74) is 2.17. The maximum absolute atomic E-state index is 9.20. The molecule has 0 atom stereocenters. The highest BCUT2D eigenvalue weighted by Gasteiger charge is 2.03. The molecule has 0 amide bonds. The molecule has 1 N–H and O–H groups in total. The Hall–Kier alpha value is -1.54. The molecule has 1 heterocycles. The van der Waals surface area contributed by atoms with Gasteiger partial charge in [-0.25, -0.2) is 0 Å². The Balaban J connectivity index is 2.46. The molecule has 0 radical (unpaired) electrons. The molecule has 1 aromatic heterocycles. The Morgan fingerprint density at radius 2 is 2.20 bits per heavy atom. The van der Waals surface area contributed by atoms with Gasteiger partial charge >= 0.3 is 0 Å². The van der Waals surface area contributed by atoms with Gasteiger partial charge < -0.3 is 9.67 Å². The van der Waals surface area contributed by atoms with Crippen molar-refractivity contribution in [3.8, 4) is 0 Å². The Morgan fingerprint density at radius 1 is 1.33 bits per heavy atom. The lowest BCUT2D eigenvalue weighted by atomic mass is 10.1. The topological polar surface area (TPSA) is 25.2 Å². The molecule has 0 aliphatic carbocycles. The minimum Gasteiger partial charge on any atom is -0.392 e. The van der Waals surface area contributed by atoms with Gasteiger partial charge in [0.25, 0.3) is 0 Å². The van der Waals surface area contributed by atoms with Crippen molar-refractivity contribution in [3.63, 3.8) is 0 Å². The van der Waals surface area contributed by atoms with Crippen molar-refractivity contribution < 1.29 is 5.11 Å². The van der Waals surface area contributed by atoms with E-state index in [-0.39, 0.29) is 6.61 Å². The van der Waals surface area contributed by atoms with Crippen molar-refractivity contribution in [1.82, 2.24) is 4.57 Å². The molecule has 0 saturated heterocycles. The van der Waals surface area contributed by atoms with Crippen molar-refractivity contribution in [2.24, 2.45) is 0 Å². The fourth-order valence-electron chi connectivity index (χ4n) is 1.85. The summed E-state index contributed by atoms with van der Waals surface area (Å²) < 4.78 is 2.19. The third-order valence-corrected chi connectivity index (χ3v) is 2.65. The van der Waals surface area contributed by atoms with Gasteiger partial charge in [-0.1, -0.05) is 18.2 Å². The summed E-state index contributed by atoms with van der Waals surface area (Å²) in [4.78, 5) is 0. The van der Waals surface area contributed by atoms with Crippen LogP contribution in [0.15, 0.2) is 43.1 Å². The van der Waals surface area contributed by atoms with Crippen molar-refractivity contribution in [3.05, 3.63) is 48.7 Å². The molecule has 2 aromatic rings. The maximum Gasteiger partial charge on any atom is 0.0688 e. The summed E-state index contributed by atoms with van der Waals surface area (Å²) in [5.74, 6) is 0. The van der Waals surface area contributed by atoms with Gasteiger partial charge in [0.2, 0.25) is 0 Å². The molecule has 0 bridgehead atoms. The van der Waals surface area contributed by atoms with Gasteiger partial charge in [-0.15, -0.1) is 6.58 Å². The van der Waals surface area contributed by atoms with Crippen LogP contribution in [0.3, 0.4) is 0 Å². The van der Waals surface area contributed by atoms with E-state index in [9.17, 15) is 5.11 Å². The molecule has 0 aliphatic heterocycles. The van der Waals surface area contributed by atoms with E-state index >= 15 is 0 Å². The highest BCUT2D eigenvalue weighted by Crippen LogP contribution is 2.20. The first-order valence-corrected chi connectivity index (χ1v) is 5.15. The third kappa shape index (κ3) is 1.81. The van der Waals surface area contributed by atoms with Crippen LogP contribution in [0.1, 0.15) is 12.0 Å². The van der Waals surface area contributed by atoms with Gasteiger partial charge in [0.15, 0.2) is 0 Å². The predicted octanol–water partition coefficient (Wildman–Crippen LogP) is 2.71. The van der Waals surface area contributed by atoms with E-state index in [2.05, 4.69) is 29.5 Å². The van der Waals surface area contributed by atoms with E-state index in [1.54, 1.807) is 0 Å². The van der Waals surface area contributed by atoms with E-state index in [0.29, 0.717) is 0 Å². The van der Waals surface area contributed by atoms with Gasteiger partial charge in [0.05, 0.1) is 6.61 Å². The van der Waals surface area contributed by atoms with Gasteiger partial charge in [-0.2, -0.15) is 0 Å². The molecule has 2 nitrogen and oxygen atoms in total. The first kappa shape index (κ1) is 9.99. The van der Waals surface area contributed by atoms with E-state index in [1.165, 1.54) is 5.52 Å². The Morgan fingerprint density at radius 3 is 2.93 bits per heavy atom. The standard InChI is InChI=1S/C13H15NO/c1-2-3-8-14-9-7-12-11(10-15)5-4-6-13(12)14/h2,4-7,9,15H,1,3,8,10H2. The van der Waals surface area contributed by atoms with Crippen LogP contribution in [-0.2, 0) is 13.2 Å². The number of hydrogen-bond acceptors (Lipinski definition) is 1. The van der Waals surface area contributed by atoms with Gasteiger partial charge in [-0.05, 0) is 24.1 Å². The Labute approximate surface area is 89.5 Å². The molecule has 0 aliphatic rings. The quantitative estimate of drug-likeness (QED) is 0.756. The van der Waals surface area contributed by atoms with E-state index in [0.717, 1.165) is 23.9 Å². The van der Waals surface area contributed by atoms with Crippen molar-refractivity contribution >= 4 is 10.9 Å². The third-order valence-electron chi connectivity index (χ3n) is 2.65. The zero-order valence-electron chi connectivity index (χ0n) is 8.69. The number of aliphatic hydroxyl groups excluding tert-OH is 1. The fourth-order valence-corrected chi connectivity index (χ4v) is 1.85. The molecule has 15 heavy (non-hydrogen) atoms. The summed E-state index contributed by atoms with van der Waals surface area (Å²) in [6.45, 7) is 4.77. The normalized spacial score (nSPS) is 10.7. The zero-order chi connectivity index (χ0) is 10.7. The molecule has 78 valence electrons. The van der Waals surface area contributed by atoms with Gasteiger partial charge in [0, 0.05) is 23.6 Å². The monoisotopic (exact) mass is 201 g/mol. The van der Waals surface area contributed by atoms with Gasteiger partial charge in [-0.3, -0.25) is 0 Å². The minimum atomic E-state index is 0.100. The second-order valence-electron chi connectivity index (χ2n) is 3.59. The number of allylic oxidation sites excluding steroid dienone is 1. The van der Waals surface area contributed by atoms with E-state index in [4.69, 9.17) is 0 Å². The Kier molecular flexibility index (Phi) is 2.88. The fraction of sp³-hybridized carbons (Fsp3) is 0.231. The second-order valence-corrected chi connectivity index (χ2v) is 3.59. The molecule has 0 fully saturated rings. The summed E-state index contributed by atoms with van der Waals surface area (Å²) >= 11 is 0. The SMILES string of the molecule is C=CCCn1ccc2c(CO)cccc21. The molecule has 1 aromatic carbocycles. The predicted molar refractivity (Wildman–Crippen MR) is 62.7 cm³/mol. The number of benzene rings is 1. The number of fused-ring (bicyclic) bond motifs is 1. The molecule has 0 spiro atoms. The number of aromatic nitrogens is 1. The number of nitrogens with zero attached hydrogens (tertiary/aromatic N) is 1. The number of aryl methyl sites for hydroxylation is 1. The largest absolute Gasteiger partial charge is 0.392 e. The van der Waals surface area contributed by atoms with Crippen molar-refractivity contribution in [2.45, 2.75) is 19.6 Å². The average Bonchev–Trinajstić information content (AvgIpc) is 2.69. The Bertz CT molecular complexity index is 470. The smallest absolute Gasteiger partial charge is 0.0688 e. The molecule has 0 saturated carbocycles. The molecular formula is C13H15NO. The lowest BCUT2D eigenvalue weighted by Gasteiger charge is -2.04. The second kappa shape index (κ2) is 4.32. The first-order valence-electron chi connectivity index (χ1n) is 5.15. The summed E-state index contributed by atoms with van der Waals surface area (Å²) in [5, 5.41) is 10.3. The summed E-state index contributed by atoms with van der Waals surface area (Å²) in [6.07, 6.45) is 4.95. The van der Waals surface area contributed by atoms with Crippen LogP contribution in [-0.4, -0.2) is 9.67 Å². The summed E-state index contributed by atoms with van der Waals surface area (Å²) in [7, 11) is 0. The number of rotatable bonds is 4. The zero-order valence-corrected chi connectivity index (χ0v) is 8.69. The summed E-state index contributed by atoms with van der Waals surface area (Å²) in [6, 6.07) is 8.08. The molecule has 0 unspecified atom stereocenters. The van der Waals surface area contributed by atoms with Crippen LogP contribution >= 0.6 is 0 Å². The lowest BCUT2D eigenvalue weighted by Crippen LogP contribution is -1.94. The van der Waals surface area contributed by atoms with Crippen LogP contribution in [0.25, 0.3) is 10.9 Å². The molecule has 2 rings (SSSR count). The minimum absolute atomic E-state index is 0.100. The highest BCUT2D eigenvalue weighted by atomic mass is 16.3. The van der Waals surface area contributed by atoms with Crippen LogP contribution in [0.5, 0.6) is 0 Å². The van der Waals surface area contributed by atoms with Crippen LogP contribution in [0, 0.1) is 0 Å². The molecular weight excluding hydrogens is 186 g/mol. The number of aliphatic hydroxyl groups is 1. The van der Waals surface area contributed by atoms with Crippen LogP contribution < -0.4 is 0 Å². The van der Waals surface area contributed by atoms with E-state index < -0.39 is 0 Å². The van der Waals surface area contributed by atoms with Crippen LogP contribution in [0.2, 0.25) is 0 Å². The average molecular weight is 201 g/mol. The first-order chi connectivity index (χ1) is 7.36. The highest BCUT2D eigenvalue weighted by molar-refractivity contribution is 5.83. The lowest BCUT2D eigenvalue weighted by molar-refractivity contribution is 0.283. The van der Waals surface area contributed by atoms with Gasteiger partial charge in [0.1, 0.15) is 0 Å². The van der Waals surface area contributed by atoms with Crippen LogP contribution in [0.4, 0.5) is 0 Å².